The number of hydrogen-bond acceptors (Lipinski definition) is 2. The van der Waals surface area contributed by atoms with Crippen LogP contribution in [0.25, 0.3) is 0 Å². The second-order valence-corrected chi connectivity index (χ2v) is 5.44. The molecule has 0 aliphatic carbocycles. The summed E-state index contributed by atoms with van der Waals surface area (Å²) in [6, 6.07) is 8.87. The summed E-state index contributed by atoms with van der Waals surface area (Å²) in [6.07, 6.45) is 0. The Kier molecular flexibility index (Phi) is 4.67. The average Bonchev–Trinajstić information content (AvgIpc) is 2.37. The van der Waals surface area contributed by atoms with Crippen molar-refractivity contribution in [2.75, 3.05) is 5.32 Å². The molecule has 0 saturated carbocycles. The molecule has 0 radical (unpaired) electrons. The summed E-state index contributed by atoms with van der Waals surface area (Å²) in [4.78, 5) is 0.299. The van der Waals surface area contributed by atoms with Gasteiger partial charge in [0.1, 0.15) is 16.6 Å². The predicted octanol–water partition coefficient (Wildman–Crippen LogP) is 3.97. The van der Waals surface area contributed by atoms with Crippen molar-refractivity contribution in [1.29, 1.82) is 0 Å². The van der Waals surface area contributed by atoms with Crippen LogP contribution >= 0.6 is 28.1 Å². The van der Waals surface area contributed by atoms with Gasteiger partial charge in [-0.05, 0) is 40.2 Å². The lowest BCUT2D eigenvalue weighted by molar-refractivity contribution is 0.574. The van der Waals surface area contributed by atoms with Crippen LogP contribution in [0.15, 0.2) is 40.9 Å². The molecule has 0 bridgehead atoms. The molecule has 0 amide bonds. The first kappa shape index (κ1) is 14.9. The molecule has 0 spiro atoms. The van der Waals surface area contributed by atoms with Crippen LogP contribution in [0.4, 0.5) is 14.5 Å². The second-order valence-electron chi connectivity index (χ2n) is 4.15. The van der Waals surface area contributed by atoms with E-state index in [1.165, 1.54) is 12.1 Å². The van der Waals surface area contributed by atoms with Crippen molar-refractivity contribution in [3.63, 3.8) is 0 Å². The first-order valence-corrected chi connectivity index (χ1v) is 6.94. The van der Waals surface area contributed by atoms with Crippen LogP contribution in [0.5, 0.6) is 0 Å². The van der Waals surface area contributed by atoms with Gasteiger partial charge in [0.05, 0.1) is 0 Å². The van der Waals surface area contributed by atoms with Gasteiger partial charge < -0.3 is 11.1 Å². The predicted molar refractivity (Wildman–Crippen MR) is 83.7 cm³/mol. The van der Waals surface area contributed by atoms with E-state index < -0.39 is 11.6 Å². The summed E-state index contributed by atoms with van der Waals surface area (Å²) in [7, 11) is 0. The van der Waals surface area contributed by atoms with Gasteiger partial charge in [0.15, 0.2) is 0 Å². The summed E-state index contributed by atoms with van der Waals surface area (Å²) in [5, 5.41) is 3.05. The maximum Gasteiger partial charge on any atom is 0.131 e. The molecule has 0 fully saturated rings. The second kappa shape index (κ2) is 6.28. The highest BCUT2D eigenvalue weighted by Gasteiger charge is 2.06. The van der Waals surface area contributed by atoms with Crippen LogP contribution in [0.2, 0.25) is 0 Å². The summed E-state index contributed by atoms with van der Waals surface area (Å²) < 4.78 is 27.0. The number of thiocarbonyl (C=S) groups is 1. The van der Waals surface area contributed by atoms with Crippen molar-refractivity contribution in [2.24, 2.45) is 5.73 Å². The third kappa shape index (κ3) is 3.52. The fourth-order valence-electron chi connectivity index (χ4n) is 1.69. The summed E-state index contributed by atoms with van der Waals surface area (Å²) in [5.74, 6) is -1.16. The summed E-state index contributed by atoms with van der Waals surface area (Å²) in [6.45, 7) is 0.255. The van der Waals surface area contributed by atoms with Gasteiger partial charge in [0.2, 0.25) is 0 Å². The number of halogens is 3. The molecule has 0 atom stereocenters. The molecule has 6 heteroatoms. The monoisotopic (exact) mass is 356 g/mol. The topological polar surface area (TPSA) is 38.0 Å². The number of nitrogens with two attached hydrogens (primary N) is 1. The first-order chi connectivity index (χ1) is 9.47. The van der Waals surface area contributed by atoms with E-state index in [0.717, 1.165) is 21.8 Å². The summed E-state index contributed by atoms with van der Waals surface area (Å²) >= 11 is 8.27. The maximum atomic E-state index is 13.5. The Labute approximate surface area is 129 Å². The van der Waals surface area contributed by atoms with Gasteiger partial charge >= 0.3 is 0 Å². The Morgan fingerprint density at radius 2 is 1.95 bits per heavy atom. The van der Waals surface area contributed by atoms with E-state index in [9.17, 15) is 8.78 Å². The van der Waals surface area contributed by atoms with Crippen molar-refractivity contribution in [2.45, 2.75) is 6.54 Å². The Bertz CT molecular complexity index is 662. The molecule has 3 N–H and O–H groups in total. The molecule has 0 saturated heterocycles. The summed E-state index contributed by atoms with van der Waals surface area (Å²) in [5.41, 5.74) is 7.46. The zero-order chi connectivity index (χ0) is 14.7. The lowest BCUT2D eigenvalue weighted by atomic mass is 10.2. The van der Waals surface area contributed by atoms with Crippen molar-refractivity contribution >= 4 is 38.8 Å². The quantitative estimate of drug-likeness (QED) is 0.814. The van der Waals surface area contributed by atoms with Crippen molar-refractivity contribution < 1.29 is 8.78 Å². The first-order valence-electron chi connectivity index (χ1n) is 5.74. The van der Waals surface area contributed by atoms with Gasteiger partial charge in [-0.3, -0.25) is 0 Å². The van der Waals surface area contributed by atoms with Gasteiger partial charge in [-0.1, -0.05) is 18.3 Å². The molecule has 0 aliphatic rings. The molecular formula is C14H11BrF2N2S. The van der Waals surface area contributed by atoms with Crippen molar-refractivity contribution in [1.82, 2.24) is 0 Å². The minimum Gasteiger partial charge on any atom is -0.389 e. The zero-order valence-corrected chi connectivity index (χ0v) is 12.7. The maximum absolute atomic E-state index is 13.5. The molecule has 2 aromatic rings. The van der Waals surface area contributed by atoms with E-state index in [-0.39, 0.29) is 6.54 Å². The van der Waals surface area contributed by atoms with Crippen LogP contribution in [-0.4, -0.2) is 4.99 Å². The van der Waals surface area contributed by atoms with Crippen LogP contribution in [0.1, 0.15) is 11.1 Å². The van der Waals surface area contributed by atoms with E-state index >= 15 is 0 Å². The van der Waals surface area contributed by atoms with Gasteiger partial charge in [-0.25, -0.2) is 8.78 Å². The van der Waals surface area contributed by atoms with Crippen LogP contribution < -0.4 is 11.1 Å². The molecular weight excluding hydrogens is 346 g/mol. The molecule has 2 aromatic carbocycles. The molecule has 2 rings (SSSR count). The SMILES string of the molecule is NC(=S)c1ccc(NCc2ccc(F)cc2F)cc1Br. The smallest absolute Gasteiger partial charge is 0.131 e. The fourth-order valence-corrected chi connectivity index (χ4v) is 2.59. The van der Waals surface area contributed by atoms with Crippen LogP contribution in [0, 0.1) is 11.6 Å². The molecule has 0 aliphatic heterocycles. The molecule has 104 valence electrons. The van der Waals surface area contributed by atoms with E-state index in [1.807, 2.05) is 0 Å². The Hall–Kier alpha value is -1.53. The van der Waals surface area contributed by atoms with E-state index in [4.69, 9.17) is 18.0 Å². The number of anilines is 1. The highest BCUT2D eigenvalue weighted by Crippen LogP contribution is 2.22. The highest BCUT2D eigenvalue weighted by atomic mass is 79.9. The largest absolute Gasteiger partial charge is 0.389 e. The van der Waals surface area contributed by atoms with E-state index in [0.29, 0.717) is 10.6 Å². The third-order valence-corrected chi connectivity index (χ3v) is 3.61. The molecule has 0 aromatic heterocycles. The number of hydrogen-bond donors (Lipinski definition) is 2. The number of nitrogens with one attached hydrogen (secondary N) is 1. The lowest BCUT2D eigenvalue weighted by Crippen LogP contribution is -2.10. The number of benzene rings is 2. The molecule has 0 unspecified atom stereocenters. The average molecular weight is 357 g/mol. The minimum absolute atomic E-state index is 0.255. The van der Waals surface area contributed by atoms with Gasteiger partial charge in [-0.15, -0.1) is 0 Å². The fraction of sp³-hybridized carbons (Fsp3) is 0.0714. The van der Waals surface area contributed by atoms with Crippen LogP contribution in [-0.2, 0) is 6.54 Å². The Morgan fingerprint density at radius 3 is 2.55 bits per heavy atom. The lowest BCUT2D eigenvalue weighted by Gasteiger charge is -2.10. The minimum atomic E-state index is -0.588. The van der Waals surface area contributed by atoms with E-state index in [2.05, 4.69) is 21.2 Å². The standard InChI is InChI=1S/C14H11BrF2N2S/c15-12-6-10(3-4-11(12)14(18)20)19-7-8-1-2-9(16)5-13(8)17/h1-6,19H,7H2,(H2,18,20). The van der Waals surface area contributed by atoms with Gasteiger partial charge in [-0.2, -0.15) is 0 Å². The van der Waals surface area contributed by atoms with Crippen molar-refractivity contribution in [3.05, 3.63) is 63.6 Å². The normalized spacial score (nSPS) is 10.3. The van der Waals surface area contributed by atoms with Gasteiger partial charge in [0.25, 0.3) is 0 Å². The molecule has 20 heavy (non-hydrogen) atoms. The molecule has 2 nitrogen and oxygen atoms in total. The van der Waals surface area contributed by atoms with Crippen LogP contribution in [0.3, 0.4) is 0 Å². The molecule has 0 heterocycles. The highest BCUT2D eigenvalue weighted by molar-refractivity contribution is 9.10. The van der Waals surface area contributed by atoms with Crippen molar-refractivity contribution in [3.8, 4) is 0 Å². The Morgan fingerprint density at radius 1 is 1.20 bits per heavy atom. The zero-order valence-electron chi connectivity index (χ0n) is 10.3. The Balaban J connectivity index is 2.11. The van der Waals surface area contributed by atoms with Gasteiger partial charge in [0, 0.05) is 33.9 Å². The third-order valence-electron chi connectivity index (χ3n) is 2.73. The number of rotatable bonds is 4. The van der Waals surface area contributed by atoms with E-state index in [1.54, 1.807) is 18.2 Å².